The molecule has 0 radical (unpaired) electrons. The van der Waals surface area contributed by atoms with Crippen molar-refractivity contribution in [3.63, 3.8) is 0 Å². The molecule has 2 heterocycles. The molecule has 1 aromatic heterocycles. The number of amides is 1. The van der Waals surface area contributed by atoms with Gasteiger partial charge in [-0.05, 0) is 25.1 Å². The molecule has 1 aliphatic rings. The fraction of sp³-hybridized carbons (Fsp3) is 0.400. The highest BCUT2D eigenvalue weighted by atomic mass is 19.4. The molecular weight excluding hydrogens is 309 g/mol. The van der Waals surface area contributed by atoms with Crippen LogP contribution in [0.5, 0.6) is 0 Å². The van der Waals surface area contributed by atoms with Gasteiger partial charge in [0.25, 0.3) is 5.91 Å². The van der Waals surface area contributed by atoms with Gasteiger partial charge in [-0.1, -0.05) is 6.07 Å². The van der Waals surface area contributed by atoms with Crippen LogP contribution in [0.4, 0.5) is 13.2 Å². The molecule has 0 fully saturated rings. The molecule has 0 unspecified atom stereocenters. The first-order chi connectivity index (χ1) is 10.9. The number of fused-ring (bicyclic) bond motifs is 1. The lowest BCUT2D eigenvalue weighted by molar-refractivity contribution is -0.137. The molecule has 0 bridgehead atoms. The van der Waals surface area contributed by atoms with Gasteiger partial charge in [-0.3, -0.25) is 4.79 Å². The maximum absolute atomic E-state index is 12.8. The van der Waals surface area contributed by atoms with Gasteiger partial charge in [0.05, 0.1) is 5.56 Å². The SMILES string of the molecule is Cc1nnc2n1CCN(C(=O)c1cccc(C(F)(F)F)c1)CC2. The number of benzene rings is 1. The molecule has 0 saturated heterocycles. The van der Waals surface area contributed by atoms with E-state index >= 15 is 0 Å². The maximum Gasteiger partial charge on any atom is 0.416 e. The summed E-state index contributed by atoms with van der Waals surface area (Å²) >= 11 is 0. The first-order valence-corrected chi connectivity index (χ1v) is 7.21. The van der Waals surface area contributed by atoms with E-state index < -0.39 is 17.6 Å². The van der Waals surface area contributed by atoms with Crippen molar-refractivity contribution in [2.75, 3.05) is 13.1 Å². The van der Waals surface area contributed by atoms with Crippen molar-refractivity contribution >= 4 is 5.91 Å². The molecule has 1 aliphatic heterocycles. The number of alkyl halides is 3. The average molecular weight is 324 g/mol. The molecular formula is C15H15F3N4O. The zero-order valence-corrected chi connectivity index (χ0v) is 12.5. The summed E-state index contributed by atoms with van der Waals surface area (Å²) in [6.07, 6.45) is -3.92. The molecule has 2 aromatic rings. The monoisotopic (exact) mass is 324 g/mol. The Morgan fingerprint density at radius 2 is 1.96 bits per heavy atom. The summed E-state index contributed by atoms with van der Waals surface area (Å²) in [6, 6.07) is 4.53. The highest BCUT2D eigenvalue weighted by molar-refractivity contribution is 5.94. The van der Waals surface area contributed by atoms with Gasteiger partial charge in [0.1, 0.15) is 11.6 Å². The Morgan fingerprint density at radius 3 is 2.70 bits per heavy atom. The van der Waals surface area contributed by atoms with Gasteiger partial charge in [-0.15, -0.1) is 10.2 Å². The normalized spacial score (nSPS) is 15.2. The maximum atomic E-state index is 12.8. The molecule has 0 saturated carbocycles. The van der Waals surface area contributed by atoms with Crippen LogP contribution in [-0.4, -0.2) is 38.7 Å². The molecule has 5 nitrogen and oxygen atoms in total. The molecule has 1 aromatic carbocycles. The Labute approximate surface area is 130 Å². The van der Waals surface area contributed by atoms with Gasteiger partial charge in [-0.2, -0.15) is 13.2 Å². The number of hydrogen-bond donors (Lipinski definition) is 0. The summed E-state index contributed by atoms with van der Waals surface area (Å²) in [6.45, 7) is 3.20. The van der Waals surface area contributed by atoms with Crippen LogP contribution in [0.2, 0.25) is 0 Å². The van der Waals surface area contributed by atoms with E-state index in [0.717, 1.165) is 23.8 Å². The molecule has 0 spiro atoms. The highest BCUT2D eigenvalue weighted by Crippen LogP contribution is 2.29. The van der Waals surface area contributed by atoms with E-state index in [1.165, 1.54) is 12.1 Å². The van der Waals surface area contributed by atoms with E-state index in [1.807, 2.05) is 11.5 Å². The first-order valence-electron chi connectivity index (χ1n) is 7.21. The zero-order valence-electron chi connectivity index (χ0n) is 12.5. The first kappa shape index (κ1) is 15.5. The van der Waals surface area contributed by atoms with Crippen LogP contribution in [0.1, 0.15) is 27.6 Å². The lowest BCUT2D eigenvalue weighted by atomic mass is 10.1. The number of carbonyl (C=O) groups excluding carboxylic acids is 1. The molecule has 8 heteroatoms. The van der Waals surface area contributed by atoms with Crippen LogP contribution in [0.15, 0.2) is 24.3 Å². The molecule has 122 valence electrons. The average Bonchev–Trinajstić information content (AvgIpc) is 2.74. The minimum atomic E-state index is -4.46. The smallest absolute Gasteiger partial charge is 0.336 e. The molecule has 0 N–H and O–H groups in total. The quantitative estimate of drug-likeness (QED) is 0.809. The van der Waals surface area contributed by atoms with Crippen molar-refractivity contribution in [3.8, 4) is 0 Å². The summed E-state index contributed by atoms with van der Waals surface area (Å²) in [5, 5.41) is 8.05. The molecule has 1 amide bonds. The second-order valence-electron chi connectivity index (χ2n) is 5.44. The van der Waals surface area contributed by atoms with Crippen molar-refractivity contribution in [1.29, 1.82) is 0 Å². The number of aryl methyl sites for hydroxylation is 1. The Balaban J connectivity index is 1.79. The lowest BCUT2D eigenvalue weighted by Gasteiger charge is -2.20. The van der Waals surface area contributed by atoms with E-state index in [0.29, 0.717) is 26.1 Å². The van der Waals surface area contributed by atoms with E-state index in [1.54, 1.807) is 4.90 Å². The number of carbonyl (C=O) groups is 1. The second-order valence-corrected chi connectivity index (χ2v) is 5.44. The van der Waals surface area contributed by atoms with Crippen molar-refractivity contribution < 1.29 is 18.0 Å². The second kappa shape index (κ2) is 5.68. The van der Waals surface area contributed by atoms with Crippen LogP contribution >= 0.6 is 0 Å². The van der Waals surface area contributed by atoms with Crippen LogP contribution in [0.3, 0.4) is 0 Å². The van der Waals surface area contributed by atoms with E-state index in [-0.39, 0.29) is 5.56 Å². The Hall–Kier alpha value is -2.38. The number of halogens is 3. The van der Waals surface area contributed by atoms with Crippen molar-refractivity contribution in [2.24, 2.45) is 0 Å². The number of rotatable bonds is 1. The minimum absolute atomic E-state index is 0.0502. The largest absolute Gasteiger partial charge is 0.416 e. The lowest BCUT2D eigenvalue weighted by Crippen LogP contribution is -2.33. The van der Waals surface area contributed by atoms with E-state index in [2.05, 4.69) is 10.2 Å². The molecule has 3 rings (SSSR count). The standard InChI is InChI=1S/C15H15F3N4O/c1-10-19-20-13-5-6-21(7-8-22(10)13)14(23)11-3-2-4-12(9-11)15(16,17)18/h2-4,9H,5-8H2,1H3. The summed E-state index contributed by atoms with van der Waals surface area (Å²) in [5.74, 6) is 1.17. The van der Waals surface area contributed by atoms with Crippen LogP contribution in [-0.2, 0) is 19.1 Å². The van der Waals surface area contributed by atoms with Gasteiger partial charge in [-0.25, -0.2) is 0 Å². The van der Waals surface area contributed by atoms with Crippen molar-refractivity contribution in [1.82, 2.24) is 19.7 Å². The van der Waals surface area contributed by atoms with Crippen molar-refractivity contribution in [3.05, 3.63) is 47.0 Å². The predicted octanol–water partition coefficient (Wildman–Crippen LogP) is 2.30. The van der Waals surface area contributed by atoms with Crippen LogP contribution in [0, 0.1) is 6.92 Å². The van der Waals surface area contributed by atoms with Gasteiger partial charge in [0.2, 0.25) is 0 Å². The molecule has 0 atom stereocenters. The number of aromatic nitrogens is 3. The van der Waals surface area contributed by atoms with E-state index in [4.69, 9.17) is 0 Å². The van der Waals surface area contributed by atoms with Crippen molar-refractivity contribution in [2.45, 2.75) is 26.1 Å². The third-order valence-electron chi connectivity index (χ3n) is 3.94. The highest BCUT2D eigenvalue weighted by Gasteiger charge is 2.31. The topological polar surface area (TPSA) is 51.0 Å². The Morgan fingerprint density at radius 1 is 1.17 bits per heavy atom. The fourth-order valence-corrected chi connectivity index (χ4v) is 2.68. The Bertz CT molecular complexity index is 739. The minimum Gasteiger partial charge on any atom is -0.336 e. The number of nitrogens with zero attached hydrogens (tertiary/aromatic N) is 4. The Kier molecular flexibility index (Phi) is 3.83. The van der Waals surface area contributed by atoms with Crippen LogP contribution in [0.25, 0.3) is 0 Å². The molecule has 23 heavy (non-hydrogen) atoms. The summed E-state index contributed by atoms with van der Waals surface area (Å²) in [4.78, 5) is 14.1. The zero-order chi connectivity index (χ0) is 16.6. The summed E-state index contributed by atoms with van der Waals surface area (Å²) in [7, 11) is 0. The summed E-state index contributed by atoms with van der Waals surface area (Å²) in [5.41, 5.74) is -0.764. The van der Waals surface area contributed by atoms with Gasteiger partial charge in [0.15, 0.2) is 0 Å². The van der Waals surface area contributed by atoms with Crippen LogP contribution < -0.4 is 0 Å². The third kappa shape index (κ3) is 3.06. The van der Waals surface area contributed by atoms with Gasteiger partial charge >= 0.3 is 6.18 Å². The third-order valence-corrected chi connectivity index (χ3v) is 3.94. The fourth-order valence-electron chi connectivity index (χ4n) is 2.68. The van der Waals surface area contributed by atoms with Gasteiger partial charge < -0.3 is 9.47 Å². The van der Waals surface area contributed by atoms with E-state index in [9.17, 15) is 18.0 Å². The molecule has 0 aliphatic carbocycles. The number of hydrogen-bond acceptors (Lipinski definition) is 3. The van der Waals surface area contributed by atoms with Gasteiger partial charge in [0, 0.05) is 31.6 Å². The summed E-state index contributed by atoms with van der Waals surface area (Å²) < 4.78 is 40.3. The predicted molar refractivity (Wildman–Crippen MR) is 75.8 cm³/mol.